The van der Waals surface area contributed by atoms with E-state index in [1.165, 1.54) is 28.2 Å². The van der Waals surface area contributed by atoms with Gasteiger partial charge in [-0.15, -0.1) is 0 Å². The lowest BCUT2D eigenvalue weighted by atomic mass is 10.0. The summed E-state index contributed by atoms with van der Waals surface area (Å²) in [6, 6.07) is 20.8. The molecule has 0 amide bonds. The first-order valence-electron chi connectivity index (χ1n) is 20.9. The van der Waals surface area contributed by atoms with Gasteiger partial charge in [0, 0.05) is 5.90 Å². The molecule has 0 atom stereocenters. The fourth-order valence-corrected chi connectivity index (χ4v) is 16.7. The maximum absolute atomic E-state index is 2.60. The van der Waals surface area contributed by atoms with Gasteiger partial charge in [-0.05, 0) is 181 Å². The van der Waals surface area contributed by atoms with Gasteiger partial charge in [0.25, 0.3) is 0 Å². The molecule has 0 bridgehead atoms. The van der Waals surface area contributed by atoms with E-state index in [2.05, 4.69) is 132 Å². The molecule has 0 radical (unpaired) electrons. The van der Waals surface area contributed by atoms with Crippen molar-refractivity contribution in [1.29, 1.82) is 0 Å². The van der Waals surface area contributed by atoms with Crippen molar-refractivity contribution in [2.24, 2.45) is 0 Å². The largest absolute Gasteiger partial charge is 0.0613 e. The topological polar surface area (TPSA) is 0 Å². The predicted molar refractivity (Wildman–Crippen MR) is 236 cm³/mol. The van der Waals surface area contributed by atoms with Crippen molar-refractivity contribution in [2.45, 2.75) is 160 Å². The molecule has 0 aliphatic heterocycles. The monoisotopic (exact) mass is 720 g/mol. The Bertz CT molecular complexity index is 1400. The van der Waals surface area contributed by atoms with Gasteiger partial charge >= 0.3 is 0 Å². The molecule has 2 heteroatoms. The van der Waals surface area contributed by atoms with Gasteiger partial charge in [0.1, 0.15) is 0 Å². The van der Waals surface area contributed by atoms with Gasteiger partial charge < -0.3 is 0 Å². The van der Waals surface area contributed by atoms with Crippen molar-refractivity contribution in [1.82, 2.24) is 0 Å². The number of hydrogen-bond donors (Lipinski definition) is 0. The molecular formula is C49H70P2. The highest BCUT2D eigenvalue weighted by molar-refractivity contribution is 7.88. The minimum atomic E-state index is -0.642. The molecule has 0 aromatic heterocycles. The second kappa shape index (κ2) is 19.7. The second-order valence-electron chi connectivity index (χ2n) is 14.3. The van der Waals surface area contributed by atoms with Crippen LogP contribution in [0.2, 0.25) is 0 Å². The van der Waals surface area contributed by atoms with Gasteiger partial charge in [-0.25, -0.2) is 0 Å². The van der Waals surface area contributed by atoms with Crippen molar-refractivity contribution < 1.29 is 0 Å². The van der Waals surface area contributed by atoms with E-state index < -0.39 is 15.8 Å². The van der Waals surface area contributed by atoms with Crippen LogP contribution >= 0.6 is 15.8 Å². The minimum Gasteiger partial charge on any atom is -0.0613 e. The van der Waals surface area contributed by atoms with Crippen molar-refractivity contribution >= 4 is 37.1 Å². The molecular weight excluding hydrogens is 650 g/mol. The Balaban J connectivity index is 2.25. The molecule has 276 valence electrons. The summed E-state index contributed by atoms with van der Waals surface area (Å²) in [5, 5.41) is 6.87. The average Bonchev–Trinajstić information content (AvgIpc) is 3.19. The van der Waals surface area contributed by atoms with Crippen LogP contribution in [0, 0.1) is 0 Å². The van der Waals surface area contributed by atoms with Crippen LogP contribution in [0.5, 0.6) is 0 Å². The first kappa shape index (κ1) is 41.5. The highest BCUT2D eigenvalue weighted by Gasteiger charge is 2.33. The minimum absolute atomic E-state index is 0.642. The normalized spacial score (nSPS) is 11.7. The zero-order valence-corrected chi connectivity index (χ0v) is 36.5. The summed E-state index contributed by atoms with van der Waals surface area (Å²) in [5.41, 5.74) is 18.9. The van der Waals surface area contributed by atoms with Crippen molar-refractivity contribution in [3.8, 4) is 0 Å². The Morgan fingerprint density at radius 1 is 0.255 bits per heavy atom. The molecule has 0 heterocycles. The first-order chi connectivity index (χ1) is 24.7. The fourth-order valence-electron chi connectivity index (χ4n) is 8.34. The summed E-state index contributed by atoms with van der Waals surface area (Å²) in [4.78, 5) is 0. The fraction of sp³-hybridized carbons (Fsp3) is 0.510. The Kier molecular flexibility index (Phi) is 16.0. The summed E-state index contributed by atoms with van der Waals surface area (Å²) in [6.07, 6.45) is 13.2. The molecule has 0 spiro atoms. The Morgan fingerprint density at radius 3 is 0.529 bits per heavy atom. The van der Waals surface area contributed by atoms with Gasteiger partial charge in [0.2, 0.25) is 0 Å². The SMILES string of the molecule is CCc1cc(CC)c(P(CP(c2c(CC)cc(CC)cc2CC)c2c(CC)cc(CC)cc2CC)c2c(CC)cc(CC)cc2CC)c(CC)c1. The predicted octanol–water partition coefficient (Wildman–Crippen LogP) is 12.0. The number of rotatable bonds is 18. The molecule has 0 saturated carbocycles. The van der Waals surface area contributed by atoms with Crippen molar-refractivity contribution in [3.63, 3.8) is 0 Å². The van der Waals surface area contributed by atoms with E-state index in [0.717, 1.165) is 77.0 Å². The first-order valence-corrected chi connectivity index (χ1v) is 23.9. The molecule has 51 heavy (non-hydrogen) atoms. The molecule has 4 rings (SSSR count). The maximum atomic E-state index is 2.60. The van der Waals surface area contributed by atoms with Gasteiger partial charge in [-0.3, -0.25) is 0 Å². The van der Waals surface area contributed by atoms with E-state index in [4.69, 9.17) is 0 Å². The third kappa shape index (κ3) is 8.93. The number of aryl methyl sites for hydroxylation is 12. The lowest BCUT2D eigenvalue weighted by molar-refractivity contribution is 1.05. The Morgan fingerprint density at radius 2 is 0.412 bits per heavy atom. The lowest BCUT2D eigenvalue weighted by Gasteiger charge is -2.35. The summed E-state index contributed by atoms with van der Waals surface area (Å²) in [5.74, 6) is 1.23. The highest BCUT2D eigenvalue weighted by Crippen LogP contribution is 2.53. The molecule has 0 N–H and O–H groups in total. The number of hydrogen-bond acceptors (Lipinski definition) is 0. The molecule has 0 aliphatic carbocycles. The van der Waals surface area contributed by atoms with Gasteiger partial charge in [-0.2, -0.15) is 0 Å². The lowest BCUT2D eigenvalue weighted by Crippen LogP contribution is -2.31. The molecule has 0 nitrogen and oxygen atoms in total. The standard InChI is InChI=1S/C49H70P2/c1-13-34-25-38(17-5)46(39(18-6)26-34)50(47-40(19-7)27-35(14-2)28-41(47)20-8)33-51(48-42(21-9)29-36(15-3)30-43(48)22-10)49-44(23-11)31-37(16-4)32-45(49)24-12/h25-32H,13-24,33H2,1-12H3. The van der Waals surface area contributed by atoms with Crippen LogP contribution in [0.4, 0.5) is 0 Å². The van der Waals surface area contributed by atoms with E-state index in [0.29, 0.717) is 0 Å². The van der Waals surface area contributed by atoms with Crippen molar-refractivity contribution in [2.75, 3.05) is 5.90 Å². The second-order valence-corrected chi connectivity index (χ2v) is 18.9. The highest BCUT2D eigenvalue weighted by atomic mass is 31.2. The molecule has 0 unspecified atom stereocenters. The molecule has 4 aromatic carbocycles. The van der Waals surface area contributed by atoms with E-state index in [9.17, 15) is 0 Å². The van der Waals surface area contributed by atoms with Gasteiger partial charge in [-0.1, -0.05) is 132 Å². The third-order valence-corrected chi connectivity index (χ3v) is 18.1. The molecule has 0 aliphatic rings. The van der Waals surface area contributed by atoms with Crippen LogP contribution in [-0.2, 0) is 77.0 Å². The zero-order valence-electron chi connectivity index (χ0n) is 34.7. The summed E-state index contributed by atoms with van der Waals surface area (Å²) >= 11 is 0. The average molecular weight is 721 g/mol. The molecule has 0 fully saturated rings. The van der Waals surface area contributed by atoms with Crippen LogP contribution in [-0.4, -0.2) is 5.90 Å². The molecule has 4 aromatic rings. The van der Waals surface area contributed by atoms with E-state index >= 15 is 0 Å². The molecule has 0 saturated heterocycles. The maximum Gasteiger partial charge on any atom is 0.00413 e. The summed E-state index contributed by atoms with van der Waals surface area (Å²) in [6.45, 7) is 28.6. The van der Waals surface area contributed by atoms with Crippen LogP contribution in [0.1, 0.15) is 150 Å². The van der Waals surface area contributed by atoms with Crippen molar-refractivity contribution in [3.05, 3.63) is 115 Å². The summed E-state index contributed by atoms with van der Waals surface area (Å²) in [7, 11) is -1.28. The summed E-state index contributed by atoms with van der Waals surface area (Å²) < 4.78 is 0. The zero-order chi connectivity index (χ0) is 37.2. The quantitative estimate of drug-likeness (QED) is 0.0898. The third-order valence-electron chi connectivity index (χ3n) is 11.4. The van der Waals surface area contributed by atoms with E-state index in [1.54, 1.807) is 65.7 Å². The number of benzene rings is 4. The van der Waals surface area contributed by atoms with Gasteiger partial charge in [0.15, 0.2) is 0 Å². The Labute approximate surface area is 317 Å². The Hall–Kier alpha value is -2.26. The van der Waals surface area contributed by atoms with Crippen LogP contribution in [0.3, 0.4) is 0 Å². The van der Waals surface area contributed by atoms with Crippen LogP contribution in [0.15, 0.2) is 48.5 Å². The van der Waals surface area contributed by atoms with Crippen LogP contribution in [0.25, 0.3) is 0 Å². The van der Waals surface area contributed by atoms with E-state index in [-0.39, 0.29) is 0 Å². The van der Waals surface area contributed by atoms with Crippen LogP contribution < -0.4 is 21.2 Å². The smallest absolute Gasteiger partial charge is 0.00413 e. The van der Waals surface area contributed by atoms with E-state index in [1.807, 2.05) is 0 Å². The van der Waals surface area contributed by atoms with Gasteiger partial charge in [0.05, 0.1) is 0 Å².